The van der Waals surface area contributed by atoms with Crippen LogP contribution in [0.4, 0.5) is 10.1 Å². The van der Waals surface area contributed by atoms with E-state index >= 15 is 4.39 Å². The average molecular weight is 442 g/mol. The lowest BCUT2D eigenvalue weighted by molar-refractivity contribution is -0.136. The molecule has 3 saturated heterocycles. The minimum Gasteiger partial charge on any atom is -0.361 e. The smallest absolute Gasteiger partial charge is 0.262 e. The van der Waals surface area contributed by atoms with Gasteiger partial charge < -0.3 is 4.90 Å². The number of benzene rings is 1. The number of halogens is 1. The molecule has 9 heteroatoms. The van der Waals surface area contributed by atoms with Gasteiger partial charge in [-0.25, -0.2) is 4.39 Å². The summed E-state index contributed by atoms with van der Waals surface area (Å²) in [6.07, 6.45) is 2.02. The molecule has 4 aliphatic heterocycles. The quantitative estimate of drug-likeness (QED) is 0.701. The van der Waals surface area contributed by atoms with Crippen molar-refractivity contribution in [2.45, 2.75) is 70.1 Å². The lowest BCUT2D eigenvalue weighted by Crippen LogP contribution is -2.59. The van der Waals surface area contributed by atoms with Crippen molar-refractivity contribution in [3.05, 3.63) is 29.1 Å². The van der Waals surface area contributed by atoms with Gasteiger partial charge in [-0.2, -0.15) is 0 Å². The monoisotopic (exact) mass is 442 g/mol. The maximum atomic E-state index is 15.3. The maximum Gasteiger partial charge on any atom is 0.262 e. The SMILES string of the molecule is CC(C)(C)N1CC2CCC(C1)N2c1cc2c(cc1F)C(=O)N([C@H]1CCC(=O)NC1=O)C2=O. The molecule has 8 nitrogen and oxygen atoms in total. The minimum absolute atomic E-state index is 0.0221. The number of imide groups is 2. The van der Waals surface area contributed by atoms with E-state index in [-0.39, 0.29) is 41.6 Å². The molecule has 4 amide bonds. The number of nitrogens with zero attached hydrogens (tertiary/aromatic N) is 3. The van der Waals surface area contributed by atoms with E-state index < -0.39 is 35.5 Å². The Labute approximate surface area is 185 Å². The number of hydrogen-bond acceptors (Lipinski definition) is 6. The van der Waals surface area contributed by atoms with Crippen LogP contribution in [0.15, 0.2) is 12.1 Å². The van der Waals surface area contributed by atoms with Crippen molar-refractivity contribution in [2.75, 3.05) is 18.0 Å². The van der Waals surface area contributed by atoms with Gasteiger partial charge in [-0.05, 0) is 52.2 Å². The number of carbonyl (C=O) groups excluding carboxylic acids is 4. The van der Waals surface area contributed by atoms with Crippen LogP contribution in [0, 0.1) is 5.82 Å². The number of likely N-dealkylation sites (tertiary alicyclic amines) is 1. The number of carbonyl (C=O) groups is 4. The average Bonchev–Trinajstić information content (AvgIpc) is 3.09. The molecule has 0 saturated carbocycles. The van der Waals surface area contributed by atoms with Gasteiger partial charge in [0.25, 0.3) is 11.8 Å². The van der Waals surface area contributed by atoms with Crippen LogP contribution in [-0.4, -0.2) is 70.2 Å². The van der Waals surface area contributed by atoms with Crippen LogP contribution in [0.25, 0.3) is 0 Å². The third-order valence-corrected chi connectivity index (χ3v) is 7.22. The summed E-state index contributed by atoms with van der Waals surface area (Å²) in [5.41, 5.74) is 0.459. The predicted molar refractivity (Wildman–Crippen MR) is 114 cm³/mol. The Morgan fingerprint density at radius 3 is 2.09 bits per heavy atom. The molecule has 0 spiro atoms. The standard InChI is InChI=1S/C23H27FN4O4/c1-23(2,3)26-10-12-4-5-13(11-26)27(12)18-9-15-14(8-16(18)24)21(31)28(22(15)32)17-6-7-19(29)25-20(17)30/h8-9,12-13,17H,4-7,10-11H2,1-3H3,(H,25,29,30)/t12?,13?,17-/m0/s1. The van der Waals surface area contributed by atoms with Gasteiger partial charge in [0.1, 0.15) is 11.9 Å². The van der Waals surface area contributed by atoms with E-state index in [1.54, 1.807) is 0 Å². The Balaban J connectivity index is 1.46. The summed E-state index contributed by atoms with van der Waals surface area (Å²) in [6, 6.07) is 1.83. The van der Waals surface area contributed by atoms with Gasteiger partial charge in [-0.1, -0.05) is 0 Å². The molecule has 1 N–H and O–H groups in total. The topological polar surface area (TPSA) is 90.0 Å². The van der Waals surface area contributed by atoms with Crippen LogP contribution >= 0.6 is 0 Å². The molecule has 3 fully saturated rings. The first kappa shape index (κ1) is 21.1. The third kappa shape index (κ3) is 3.13. The molecule has 32 heavy (non-hydrogen) atoms. The van der Waals surface area contributed by atoms with Crippen molar-refractivity contribution >= 4 is 29.3 Å². The molecule has 0 radical (unpaired) electrons. The summed E-state index contributed by atoms with van der Waals surface area (Å²) in [4.78, 5) is 55.1. The number of hydrogen-bond donors (Lipinski definition) is 1. The molecule has 4 heterocycles. The lowest BCUT2D eigenvalue weighted by atomic mass is 10.0. The number of piperidine rings is 1. The van der Waals surface area contributed by atoms with Gasteiger partial charge in [-0.15, -0.1) is 0 Å². The molecular weight excluding hydrogens is 415 g/mol. The molecular formula is C23H27FN4O4. The first-order valence-electron chi connectivity index (χ1n) is 11.1. The summed E-state index contributed by atoms with van der Waals surface area (Å²) in [5.74, 6) is -2.93. The van der Waals surface area contributed by atoms with E-state index in [9.17, 15) is 19.2 Å². The number of rotatable bonds is 2. The number of amides is 4. The summed E-state index contributed by atoms with van der Waals surface area (Å²) >= 11 is 0. The molecule has 5 rings (SSSR count). The van der Waals surface area contributed by atoms with Crippen molar-refractivity contribution in [3.63, 3.8) is 0 Å². The van der Waals surface area contributed by atoms with E-state index in [0.29, 0.717) is 5.69 Å². The van der Waals surface area contributed by atoms with E-state index in [1.807, 2.05) is 0 Å². The molecule has 170 valence electrons. The molecule has 1 aromatic rings. The normalized spacial score (nSPS) is 28.4. The highest BCUT2D eigenvalue weighted by Crippen LogP contribution is 2.40. The van der Waals surface area contributed by atoms with Crippen molar-refractivity contribution in [1.29, 1.82) is 0 Å². The number of fused-ring (bicyclic) bond motifs is 3. The minimum atomic E-state index is -1.06. The van der Waals surface area contributed by atoms with Crippen molar-refractivity contribution in [2.24, 2.45) is 0 Å². The van der Waals surface area contributed by atoms with Crippen LogP contribution in [0.2, 0.25) is 0 Å². The van der Waals surface area contributed by atoms with Crippen LogP contribution in [0.5, 0.6) is 0 Å². The Morgan fingerprint density at radius 1 is 0.938 bits per heavy atom. The number of piperazine rings is 1. The van der Waals surface area contributed by atoms with Crippen LogP contribution < -0.4 is 10.2 Å². The van der Waals surface area contributed by atoms with Gasteiger partial charge in [0.15, 0.2) is 0 Å². The maximum absolute atomic E-state index is 15.3. The zero-order valence-corrected chi connectivity index (χ0v) is 18.5. The van der Waals surface area contributed by atoms with Gasteiger partial charge in [-0.3, -0.25) is 34.3 Å². The second-order valence-electron chi connectivity index (χ2n) is 10.2. The van der Waals surface area contributed by atoms with Gasteiger partial charge in [0, 0.05) is 37.1 Å². The highest BCUT2D eigenvalue weighted by atomic mass is 19.1. The lowest BCUT2D eigenvalue weighted by Gasteiger charge is -2.47. The summed E-state index contributed by atoms with van der Waals surface area (Å²) in [7, 11) is 0. The van der Waals surface area contributed by atoms with Gasteiger partial charge in [0.2, 0.25) is 11.8 Å². The summed E-state index contributed by atoms with van der Waals surface area (Å²) in [6.45, 7) is 8.14. The molecule has 1 aromatic carbocycles. The highest BCUT2D eigenvalue weighted by Gasteiger charge is 2.47. The molecule has 0 aliphatic carbocycles. The first-order chi connectivity index (χ1) is 15.1. The van der Waals surface area contributed by atoms with Crippen molar-refractivity contribution in [1.82, 2.24) is 15.1 Å². The van der Waals surface area contributed by atoms with Crippen LogP contribution in [-0.2, 0) is 9.59 Å². The zero-order chi connectivity index (χ0) is 22.9. The van der Waals surface area contributed by atoms with E-state index in [1.165, 1.54) is 6.07 Å². The fraction of sp³-hybridized carbons (Fsp3) is 0.565. The largest absolute Gasteiger partial charge is 0.361 e. The van der Waals surface area contributed by atoms with Crippen molar-refractivity contribution in [3.8, 4) is 0 Å². The van der Waals surface area contributed by atoms with Gasteiger partial charge >= 0.3 is 0 Å². The predicted octanol–water partition coefficient (Wildman–Crippen LogP) is 1.68. The van der Waals surface area contributed by atoms with E-state index in [4.69, 9.17) is 0 Å². The van der Waals surface area contributed by atoms with E-state index in [0.717, 1.165) is 36.9 Å². The molecule has 0 aromatic heterocycles. The molecule has 2 bridgehead atoms. The Kier molecular flexibility index (Phi) is 4.67. The Morgan fingerprint density at radius 2 is 1.53 bits per heavy atom. The van der Waals surface area contributed by atoms with Crippen LogP contribution in [0.3, 0.4) is 0 Å². The zero-order valence-electron chi connectivity index (χ0n) is 18.5. The summed E-state index contributed by atoms with van der Waals surface area (Å²) in [5, 5.41) is 2.17. The van der Waals surface area contributed by atoms with Crippen LogP contribution in [0.1, 0.15) is 67.2 Å². The highest BCUT2D eigenvalue weighted by molar-refractivity contribution is 6.23. The molecule has 3 atom stereocenters. The Hall–Kier alpha value is -2.81. The van der Waals surface area contributed by atoms with Crippen molar-refractivity contribution < 1.29 is 23.6 Å². The second kappa shape index (κ2) is 7.10. The fourth-order valence-corrected chi connectivity index (χ4v) is 5.52. The summed E-state index contributed by atoms with van der Waals surface area (Å²) < 4.78 is 15.3. The number of nitrogens with one attached hydrogen (secondary N) is 1. The molecule has 4 aliphatic rings. The van der Waals surface area contributed by atoms with Gasteiger partial charge in [0.05, 0.1) is 16.8 Å². The second-order valence-corrected chi connectivity index (χ2v) is 10.2. The van der Waals surface area contributed by atoms with E-state index in [2.05, 4.69) is 35.9 Å². The fourth-order valence-electron chi connectivity index (χ4n) is 5.52. The Bertz CT molecular complexity index is 1040. The third-order valence-electron chi connectivity index (χ3n) is 7.22. The first-order valence-corrected chi connectivity index (χ1v) is 11.1. The number of anilines is 1. The molecule has 2 unspecified atom stereocenters.